The SMILES string of the molecule is COCCOCCN1C=C(c2nc(C(C)(C)c3ccc(-c4cnc(N)nc4)nc3)no2)CN1. The third kappa shape index (κ3) is 5.33. The average molecular weight is 453 g/mol. The molecule has 0 fully saturated rings. The van der Waals surface area contributed by atoms with E-state index in [0.717, 1.165) is 22.4 Å². The maximum atomic E-state index is 5.57. The molecule has 1 aliphatic heterocycles. The van der Waals surface area contributed by atoms with Crippen LogP contribution in [0.4, 0.5) is 5.95 Å². The molecule has 3 N–H and O–H groups in total. The van der Waals surface area contributed by atoms with Gasteiger partial charge in [0.15, 0.2) is 5.82 Å². The molecular weight excluding hydrogens is 424 g/mol. The fourth-order valence-corrected chi connectivity index (χ4v) is 3.29. The largest absolute Gasteiger partial charge is 0.382 e. The van der Waals surface area contributed by atoms with Gasteiger partial charge in [0.2, 0.25) is 5.95 Å². The van der Waals surface area contributed by atoms with Gasteiger partial charge in [-0.3, -0.25) is 4.98 Å². The van der Waals surface area contributed by atoms with Gasteiger partial charge in [-0.15, -0.1) is 0 Å². The van der Waals surface area contributed by atoms with Crippen LogP contribution >= 0.6 is 0 Å². The van der Waals surface area contributed by atoms with E-state index in [-0.39, 0.29) is 5.95 Å². The maximum absolute atomic E-state index is 5.57. The Balaban J connectivity index is 1.42. The number of rotatable bonds is 10. The fraction of sp³-hybridized carbons (Fsp3) is 0.409. The molecule has 0 amide bonds. The topological polar surface area (TPSA) is 137 Å². The Bertz CT molecular complexity index is 1080. The lowest BCUT2D eigenvalue weighted by molar-refractivity contribution is 0.0591. The number of hydrogen-bond acceptors (Lipinski definition) is 11. The van der Waals surface area contributed by atoms with Gasteiger partial charge >= 0.3 is 0 Å². The van der Waals surface area contributed by atoms with Gasteiger partial charge in [-0.25, -0.2) is 15.4 Å². The second-order valence-electron chi connectivity index (χ2n) is 8.10. The van der Waals surface area contributed by atoms with E-state index in [1.165, 1.54) is 0 Å². The van der Waals surface area contributed by atoms with E-state index in [1.807, 2.05) is 43.4 Å². The molecule has 4 heterocycles. The molecule has 0 unspecified atom stereocenters. The van der Waals surface area contributed by atoms with Crippen LogP contribution in [-0.4, -0.2) is 70.1 Å². The summed E-state index contributed by atoms with van der Waals surface area (Å²) in [6, 6.07) is 3.92. The van der Waals surface area contributed by atoms with Gasteiger partial charge in [0, 0.05) is 44.0 Å². The monoisotopic (exact) mass is 452 g/mol. The summed E-state index contributed by atoms with van der Waals surface area (Å²) in [6.07, 6.45) is 7.08. The third-order valence-corrected chi connectivity index (χ3v) is 5.41. The van der Waals surface area contributed by atoms with Crippen LogP contribution in [-0.2, 0) is 14.9 Å². The standard InChI is InChI=1S/C22H28N8O3/c1-22(2,17-4-5-18(24-13-17)15-10-25-21(23)26-11-15)20-28-19(33-29-20)16-12-27-30(14-16)6-7-32-9-8-31-3/h4-5,10-11,13-14,27H,6-9,12H2,1-3H3,(H2,23,25,26). The van der Waals surface area contributed by atoms with Crippen molar-refractivity contribution in [3.05, 3.63) is 54.2 Å². The zero-order valence-electron chi connectivity index (χ0n) is 19.0. The van der Waals surface area contributed by atoms with Crippen molar-refractivity contribution >= 4 is 11.5 Å². The number of ether oxygens (including phenoxy) is 2. The van der Waals surface area contributed by atoms with Crippen molar-refractivity contribution in [1.82, 2.24) is 35.5 Å². The first-order valence-corrected chi connectivity index (χ1v) is 10.6. The zero-order valence-corrected chi connectivity index (χ0v) is 19.0. The zero-order chi connectivity index (χ0) is 23.3. The predicted octanol–water partition coefficient (Wildman–Crippen LogP) is 1.65. The van der Waals surface area contributed by atoms with E-state index >= 15 is 0 Å². The van der Waals surface area contributed by atoms with Crippen LogP contribution < -0.4 is 11.2 Å². The molecule has 1 aliphatic rings. The highest BCUT2D eigenvalue weighted by molar-refractivity contribution is 5.61. The molecule has 11 nitrogen and oxygen atoms in total. The van der Waals surface area contributed by atoms with E-state index < -0.39 is 5.41 Å². The number of nitrogens with two attached hydrogens (primary N) is 1. The Kier molecular flexibility index (Phi) is 6.92. The van der Waals surface area contributed by atoms with Gasteiger partial charge in [0.1, 0.15) is 0 Å². The van der Waals surface area contributed by atoms with Gasteiger partial charge in [-0.05, 0) is 25.5 Å². The Morgan fingerprint density at radius 1 is 1.12 bits per heavy atom. The van der Waals surface area contributed by atoms with Crippen LogP contribution in [0.15, 0.2) is 41.4 Å². The molecular formula is C22H28N8O3. The van der Waals surface area contributed by atoms with Crippen molar-refractivity contribution in [2.75, 3.05) is 45.8 Å². The summed E-state index contributed by atoms with van der Waals surface area (Å²) < 4.78 is 16.1. The van der Waals surface area contributed by atoms with E-state index in [2.05, 4.69) is 30.5 Å². The van der Waals surface area contributed by atoms with Gasteiger partial charge in [-0.1, -0.05) is 11.2 Å². The second kappa shape index (κ2) is 10.0. The Labute approximate surface area is 192 Å². The molecule has 4 rings (SSSR count). The molecule has 0 bridgehead atoms. The molecule has 0 spiro atoms. The van der Waals surface area contributed by atoms with Crippen molar-refractivity contribution in [3.63, 3.8) is 0 Å². The first kappa shape index (κ1) is 22.8. The van der Waals surface area contributed by atoms with Crippen LogP contribution in [0.5, 0.6) is 0 Å². The van der Waals surface area contributed by atoms with Crippen molar-refractivity contribution in [2.45, 2.75) is 19.3 Å². The predicted molar refractivity (Wildman–Crippen MR) is 121 cm³/mol. The highest BCUT2D eigenvalue weighted by Crippen LogP contribution is 2.31. The van der Waals surface area contributed by atoms with Gasteiger partial charge < -0.3 is 24.7 Å². The summed E-state index contributed by atoms with van der Waals surface area (Å²) in [5, 5.41) is 6.21. The Morgan fingerprint density at radius 3 is 2.67 bits per heavy atom. The fourth-order valence-electron chi connectivity index (χ4n) is 3.29. The van der Waals surface area contributed by atoms with Crippen molar-refractivity contribution < 1.29 is 14.0 Å². The van der Waals surface area contributed by atoms with Crippen LogP contribution in [0.1, 0.15) is 31.1 Å². The van der Waals surface area contributed by atoms with E-state index in [0.29, 0.717) is 44.6 Å². The average Bonchev–Trinajstić information content (AvgIpc) is 3.50. The number of anilines is 1. The molecule has 3 aromatic rings. The first-order valence-electron chi connectivity index (χ1n) is 10.6. The van der Waals surface area contributed by atoms with Gasteiger partial charge in [0.05, 0.1) is 43.0 Å². The Hall–Kier alpha value is -3.41. The maximum Gasteiger partial charge on any atom is 0.256 e. The normalized spacial score (nSPS) is 14.0. The molecule has 174 valence electrons. The molecule has 0 atom stereocenters. The van der Waals surface area contributed by atoms with Gasteiger partial charge in [-0.2, -0.15) is 4.98 Å². The van der Waals surface area contributed by atoms with Crippen LogP contribution in [0, 0.1) is 0 Å². The van der Waals surface area contributed by atoms with E-state index in [1.54, 1.807) is 19.5 Å². The number of pyridine rings is 1. The van der Waals surface area contributed by atoms with Crippen molar-refractivity contribution in [1.29, 1.82) is 0 Å². The number of nitrogen functional groups attached to an aromatic ring is 1. The minimum atomic E-state index is -0.494. The highest BCUT2D eigenvalue weighted by atomic mass is 16.5. The van der Waals surface area contributed by atoms with Crippen LogP contribution in [0.25, 0.3) is 16.8 Å². The lowest BCUT2D eigenvalue weighted by Crippen LogP contribution is -2.32. The summed E-state index contributed by atoms with van der Waals surface area (Å²) in [5.74, 6) is 1.32. The van der Waals surface area contributed by atoms with E-state index in [9.17, 15) is 0 Å². The first-order chi connectivity index (χ1) is 16.0. The highest BCUT2D eigenvalue weighted by Gasteiger charge is 2.30. The lowest BCUT2D eigenvalue weighted by Gasteiger charge is -2.20. The minimum absolute atomic E-state index is 0.232. The molecule has 3 aromatic heterocycles. The number of hydrazine groups is 1. The molecule has 11 heteroatoms. The van der Waals surface area contributed by atoms with Crippen molar-refractivity contribution in [3.8, 4) is 11.3 Å². The number of aromatic nitrogens is 5. The summed E-state index contributed by atoms with van der Waals surface area (Å²) in [6.45, 7) is 7.14. The second-order valence-corrected chi connectivity index (χ2v) is 8.10. The number of hydrogen-bond donors (Lipinski definition) is 2. The smallest absolute Gasteiger partial charge is 0.256 e. The molecule has 0 saturated heterocycles. The summed E-state index contributed by atoms with van der Waals surface area (Å²) in [5.41, 5.74) is 11.8. The summed E-state index contributed by atoms with van der Waals surface area (Å²) >= 11 is 0. The molecule has 0 aliphatic carbocycles. The number of nitrogens with one attached hydrogen (secondary N) is 1. The van der Waals surface area contributed by atoms with Crippen LogP contribution in [0.3, 0.4) is 0 Å². The van der Waals surface area contributed by atoms with Crippen molar-refractivity contribution in [2.24, 2.45) is 0 Å². The summed E-state index contributed by atoms with van der Waals surface area (Å²) in [4.78, 5) is 17.3. The Morgan fingerprint density at radius 2 is 1.94 bits per heavy atom. The van der Waals surface area contributed by atoms with Gasteiger partial charge in [0.25, 0.3) is 5.89 Å². The molecule has 0 saturated carbocycles. The third-order valence-electron chi connectivity index (χ3n) is 5.41. The quantitative estimate of drug-likeness (QED) is 0.434. The molecule has 0 radical (unpaired) electrons. The lowest BCUT2D eigenvalue weighted by atomic mass is 9.85. The molecule has 33 heavy (non-hydrogen) atoms. The van der Waals surface area contributed by atoms with E-state index in [4.69, 9.17) is 19.7 Å². The van der Waals surface area contributed by atoms with Crippen LogP contribution in [0.2, 0.25) is 0 Å². The number of nitrogens with zero attached hydrogens (tertiary/aromatic N) is 6. The minimum Gasteiger partial charge on any atom is -0.382 e. The number of methoxy groups -OCH3 is 1. The summed E-state index contributed by atoms with van der Waals surface area (Å²) in [7, 11) is 1.66. The molecule has 0 aromatic carbocycles.